The second-order valence-corrected chi connectivity index (χ2v) is 7.24. The molecule has 4 aromatic rings. The number of pyridine rings is 1. The standard InChI is InChI=1S/C20H18N6OS/c1-14-18(28-20(25-14)17-7-2-3-8-22-17)19(27)23-10-15-5-4-6-16(9-15)11-26-13-21-12-24-26/h2-9,12-13H,10-11H2,1H3,(H,23,27). The zero-order valence-electron chi connectivity index (χ0n) is 15.2. The Balaban J connectivity index is 1.43. The molecule has 1 amide bonds. The third kappa shape index (κ3) is 4.12. The van der Waals surface area contributed by atoms with E-state index in [2.05, 4.69) is 31.4 Å². The first-order valence-corrected chi connectivity index (χ1v) is 9.58. The summed E-state index contributed by atoms with van der Waals surface area (Å²) >= 11 is 1.36. The first-order chi connectivity index (χ1) is 13.7. The first kappa shape index (κ1) is 18.0. The van der Waals surface area contributed by atoms with E-state index in [0.717, 1.165) is 21.8 Å². The van der Waals surface area contributed by atoms with Crippen LogP contribution >= 0.6 is 11.3 Å². The van der Waals surface area contributed by atoms with Crippen LogP contribution in [0.4, 0.5) is 0 Å². The highest BCUT2D eigenvalue weighted by atomic mass is 32.1. The Kier molecular flexibility index (Phi) is 5.20. The highest BCUT2D eigenvalue weighted by molar-refractivity contribution is 7.17. The second kappa shape index (κ2) is 8.10. The molecule has 7 nitrogen and oxygen atoms in total. The lowest BCUT2D eigenvalue weighted by Crippen LogP contribution is -2.22. The molecule has 28 heavy (non-hydrogen) atoms. The zero-order chi connectivity index (χ0) is 19.3. The van der Waals surface area contributed by atoms with Crippen molar-refractivity contribution in [2.45, 2.75) is 20.0 Å². The molecule has 0 aliphatic heterocycles. The largest absolute Gasteiger partial charge is 0.347 e. The minimum absolute atomic E-state index is 0.126. The molecule has 4 rings (SSSR count). The summed E-state index contributed by atoms with van der Waals surface area (Å²) in [5.74, 6) is -0.126. The van der Waals surface area contributed by atoms with Crippen molar-refractivity contribution in [1.82, 2.24) is 30.0 Å². The lowest BCUT2D eigenvalue weighted by atomic mass is 10.1. The van der Waals surface area contributed by atoms with Gasteiger partial charge in [-0.2, -0.15) is 5.10 Å². The van der Waals surface area contributed by atoms with Crippen LogP contribution in [0.25, 0.3) is 10.7 Å². The third-order valence-electron chi connectivity index (χ3n) is 4.14. The van der Waals surface area contributed by atoms with Gasteiger partial charge in [-0.3, -0.25) is 9.78 Å². The van der Waals surface area contributed by atoms with E-state index in [0.29, 0.717) is 23.7 Å². The highest BCUT2D eigenvalue weighted by Crippen LogP contribution is 2.26. The van der Waals surface area contributed by atoms with Crippen LogP contribution in [0.1, 0.15) is 26.5 Å². The zero-order valence-corrected chi connectivity index (χ0v) is 16.1. The Labute approximate surface area is 166 Å². The van der Waals surface area contributed by atoms with Crippen LogP contribution in [0.5, 0.6) is 0 Å². The molecule has 0 saturated heterocycles. The molecule has 3 aromatic heterocycles. The molecule has 0 spiro atoms. The Morgan fingerprint density at radius 2 is 2.07 bits per heavy atom. The molecule has 0 radical (unpaired) electrons. The topological polar surface area (TPSA) is 85.6 Å². The van der Waals surface area contributed by atoms with Crippen molar-refractivity contribution in [2.75, 3.05) is 0 Å². The van der Waals surface area contributed by atoms with Gasteiger partial charge in [-0.05, 0) is 30.2 Å². The maximum absolute atomic E-state index is 12.6. The fourth-order valence-electron chi connectivity index (χ4n) is 2.81. The molecule has 0 aliphatic carbocycles. The number of nitrogens with zero attached hydrogens (tertiary/aromatic N) is 5. The van der Waals surface area contributed by atoms with E-state index >= 15 is 0 Å². The number of thiazole rings is 1. The summed E-state index contributed by atoms with van der Waals surface area (Å²) in [7, 11) is 0. The molecule has 140 valence electrons. The number of aromatic nitrogens is 5. The lowest BCUT2D eigenvalue weighted by Gasteiger charge is -2.07. The van der Waals surface area contributed by atoms with Gasteiger partial charge < -0.3 is 5.32 Å². The number of benzene rings is 1. The fraction of sp³-hybridized carbons (Fsp3) is 0.150. The van der Waals surface area contributed by atoms with Gasteiger partial charge in [-0.15, -0.1) is 11.3 Å². The number of carbonyl (C=O) groups is 1. The second-order valence-electron chi connectivity index (χ2n) is 6.24. The number of amides is 1. The van der Waals surface area contributed by atoms with Crippen LogP contribution in [-0.2, 0) is 13.1 Å². The SMILES string of the molecule is Cc1nc(-c2ccccn2)sc1C(=O)NCc1cccc(Cn2cncn2)c1. The summed E-state index contributed by atoms with van der Waals surface area (Å²) in [6.45, 7) is 2.93. The molecular weight excluding hydrogens is 372 g/mol. The van der Waals surface area contributed by atoms with Crippen molar-refractivity contribution in [2.24, 2.45) is 0 Å². The van der Waals surface area contributed by atoms with Gasteiger partial charge in [-0.25, -0.2) is 14.6 Å². The normalized spacial score (nSPS) is 10.8. The molecule has 0 aliphatic rings. The number of carbonyl (C=O) groups excluding carboxylic acids is 1. The minimum atomic E-state index is -0.126. The number of rotatable bonds is 6. The molecule has 0 unspecified atom stereocenters. The Morgan fingerprint density at radius 1 is 1.18 bits per heavy atom. The van der Waals surface area contributed by atoms with Crippen LogP contribution in [0.2, 0.25) is 0 Å². The van der Waals surface area contributed by atoms with Gasteiger partial charge in [0, 0.05) is 12.7 Å². The summed E-state index contributed by atoms with van der Waals surface area (Å²) in [6, 6.07) is 13.7. The predicted molar refractivity (Wildman–Crippen MR) is 107 cm³/mol. The Hall–Kier alpha value is -3.39. The van der Waals surface area contributed by atoms with Crippen molar-refractivity contribution in [1.29, 1.82) is 0 Å². The van der Waals surface area contributed by atoms with Crippen LogP contribution in [0, 0.1) is 6.92 Å². The highest BCUT2D eigenvalue weighted by Gasteiger charge is 2.16. The van der Waals surface area contributed by atoms with Crippen molar-refractivity contribution in [3.05, 3.63) is 83.0 Å². The number of hydrogen-bond donors (Lipinski definition) is 1. The summed E-state index contributed by atoms with van der Waals surface area (Å²) in [5.41, 5.74) is 3.61. The fourth-order valence-corrected chi connectivity index (χ4v) is 3.77. The molecule has 3 heterocycles. The lowest BCUT2D eigenvalue weighted by molar-refractivity contribution is 0.0954. The number of aryl methyl sites for hydroxylation is 1. The molecule has 0 atom stereocenters. The van der Waals surface area contributed by atoms with E-state index in [1.165, 1.54) is 17.7 Å². The maximum Gasteiger partial charge on any atom is 0.263 e. The van der Waals surface area contributed by atoms with Gasteiger partial charge in [0.05, 0.1) is 17.9 Å². The number of hydrogen-bond acceptors (Lipinski definition) is 6. The molecule has 0 fully saturated rings. The molecular formula is C20H18N6OS. The molecule has 0 saturated carbocycles. The van der Waals surface area contributed by atoms with Crippen LogP contribution in [-0.4, -0.2) is 30.6 Å². The Morgan fingerprint density at radius 3 is 2.86 bits per heavy atom. The van der Waals surface area contributed by atoms with E-state index < -0.39 is 0 Å². The van der Waals surface area contributed by atoms with Gasteiger partial charge in [-0.1, -0.05) is 30.3 Å². The van der Waals surface area contributed by atoms with Crippen molar-refractivity contribution < 1.29 is 4.79 Å². The average Bonchev–Trinajstić information content (AvgIpc) is 3.37. The Bertz CT molecular complexity index is 1080. The first-order valence-electron chi connectivity index (χ1n) is 8.76. The van der Waals surface area contributed by atoms with E-state index in [-0.39, 0.29) is 5.91 Å². The summed E-state index contributed by atoms with van der Waals surface area (Å²) in [5, 5.41) is 7.85. The molecule has 1 aromatic carbocycles. The maximum atomic E-state index is 12.6. The quantitative estimate of drug-likeness (QED) is 0.547. The van der Waals surface area contributed by atoms with E-state index in [1.807, 2.05) is 43.3 Å². The predicted octanol–water partition coefficient (Wildman–Crippen LogP) is 3.08. The van der Waals surface area contributed by atoms with Gasteiger partial charge in [0.2, 0.25) is 0 Å². The molecule has 1 N–H and O–H groups in total. The van der Waals surface area contributed by atoms with E-state index in [1.54, 1.807) is 17.2 Å². The van der Waals surface area contributed by atoms with Crippen molar-refractivity contribution in [3.63, 3.8) is 0 Å². The van der Waals surface area contributed by atoms with Crippen molar-refractivity contribution in [3.8, 4) is 10.7 Å². The summed E-state index contributed by atoms with van der Waals surface area (Å²) in [6.07, 6.45) is 4.92. The van der Waals surface area contributed by atoms with Crippen LogP contribution in [0.3, 0.4) is 0 Å². The van der Waals surface area contributed by atoms with Gasteiger partial charge in [0.15, 0.2) is 0 Å². The molecule has 8 heteroatoms. The van der Waals surface area contributed by atoms with Gasteiger partial charge >= 0.3 is 0 Å². The van der Waals surface area contributed by atoms with E-state index in [9.17, 15) is 4.79 Å². The minimum Gasteiger partial charge on any atom is -0.347 e. The smallest absolute Gasteiger partial charge is 0.263 e. The monoisotopic (exact) mass is 390 g/mol. The summed E-state index contributed by atoms with van der Waals surface area (Å²) < 4.78 is 1.76. The van der Waals surface area contributed by atoms with Crippen LogP contribution < -0.4 is 5.32 Å². The average molecular weight is 390 g/mol. The van der Waals surface area contributed by atoms with Gasteiger partial charge in [0.25, 0.3) is 5.91 Å². The number of nitrogens with one attached hydrogen (secondary N) is 1. The molecule has 0 bridgehead atoms. The van der Waals surface area contributed by atoms with E-state index in [4.69, 9.17) is 0 Å². The van der Waals surface area contributed by atoms with Gasteiger partial charge in [0.1, 0.15) is 22.5 Å². The summed E-state index contributed by atoms with van der Waals surface area (Å²) in [4.78, 5) is 26.0. The van der Waals surface area contributed by atoms with Crippen LogP contribution in [0.15, 0.2) is 61.3 Å². The van der Waals surface area contributed by atoms with Crippen molar-refractivity contribution >= 4 is 17.2 Å². The third-order valence-corrected chi connectivity index (χ3v) is 5.32.